The van der Waals surface area contributed by atoms with Crippen molar-refractivity contribution in [2.75, 3.05) is 32.5 Å². The predicted molar refractivity (Wildman–Crippen MR) is 83.9 cm³/mol. The Bertz CT molecular complexity index is 763. The molecule has 2 aromatic rings. The lowest BCUT2D eigenvalue weighted by atomic mass is 10.3. The first-order chi connectivity index (χ1) is 11.8. The van der Waals surface area contributed by atoms with Crippen molar-refractivity contribution >= 4 is 17.5 Å². The van der Waals surface area contributed by atoms with Gasteiger partial charge in [-0.15, -0.1) is 0 Å². The van der Waals surface area contributed by atoms with E-state index in [1.165, 1.54) is 0 Å². The van der Waals surface area contributed by atoms with Gasteiger partial charge in [0, 0.05) is 19.2 Å². The Kier molecular flexibility index (Phi) is 6.12. The van der Waals surface area contributed by atoms with Gasteiger partial charge in [-0.3, -0.25) is 9.59 Å². The molecule has 2 rings (SSSR count). The highest BCUT2D eigenvalue weighted by Gasteiger charge is 2.17. The van der Waals surface area contributed by atoms with E-state index in [0.29, 0.717) is 19.2 Å². The number of benzene rings is 1. The van der Waals surface area contributed by atoms with Gasteiger partial charge in [0.05, 0.1) is 12.1 Å². The lowest BCUT2D eigenvalue weighted by Gasteiger charge is -2.08. The van der Waals surface area contributed by atoms with Crippen LogP contribution in [0.15, 0.2) is 22.7 Å². The van der Waals surface area contributed by atoms with Crippen LogP contribution in [0.3, 0.4) is 0 Å². The van der Waals surface area contributed by atoms with E-state index in [1.807, 2.05) is 19.0 Å². The molecule has 2 N–H and O–H groups in total. The minimum atomic E-state index is -0.901. The summed E-state index contributed by atoms with van der Waals surface area (Å²) in [7, 11) is 3.72. The third kappa shape index (κ3) is 5.60. The number of hydrogen-bond donors (Lipinski definition) is 2. The van der Waals surface area contributed by atoms with Crippen LogP contribution in [0.4, 0.5) is 14.5 Å². The molecular weight excluding hydrogens is 336 g/mol. The number of nitrogens with zero attached hydrogens (tertiary/aromatic N) is 3. The Morgan fingerprint density at radius 3 is 2.72 bits per heavy atom. The Morgan fingerprint density at radius 2 is 2.04 bits per heavy atom. The highest BCUT2D eigenvalue weighted by Crippen LogP contribution is 2.15. The maximum atomic E-state index is 13.5. The van der Waals surface area contributed by atoms with Crippen LogP contribution in [0.25, 0.3) is 0 Å². The minimum absolute atomic E-state index is 0.0298. The van der Waals surface area contributed by atoms with Gasteiger partial charge in [-0.2, -0.15) is 4.98 Å². The Labute approximate surface area is 142 Å². The number of amides is 2. The monoisotopic (exact) mass is 353 g/mol. The topological polar surface area (TPSA) is 100 Å². The van der Waals surface area contributed by atoms with Crippen LogP contribution in [-0.2, 0) is 11.2 Å². The fourth-order valence-corrected chi connectivity index (χ4v) is 1.82. The molecule has 0 saturated heterocycles. The van der Waals surface area contributed by atoms with Crippen molar-refractivity contribution in [3.63, 3.8) is 0 Å². The molecule has 25 heavy (non-hydrogen) atoms. The number of nitrogens with one attached hydrogen (secondary N) is 2. The average molecular weight is 353 g/mol. The molecular formula is C15H17F2N5O3. The smallest absolute Gasteiger partial charge is 0.315 e. The first-order valence-electron chi connectivity index (χ1n) is 7.35. The lowest BCUT2D eigenvalue weighted by molar-refractivity contribution is -0.115. The number of anilines is 1. The lowest BCUT2D eigenvalue weighted by Crippen LogP contribution is -2.31. The van der Waals surface area contributed by atoms with E-state index in [2.05, 4.69) is 20.8 Å². The summed E-state index contributed by atoms with van der Waals surface area (Å²) < 4.78 is 31.1. The summed E-state index contributed by atoms with van der Waals surface area (Å²) in [5, 5.41) is 8.38. The molecule has 1 heterocycles. The normalized spacial score (nSPS) is 10.8. The number of rotatable bonds is 7. The molecule has 0 aliphatic heterocycles. The fourth-order valence-electron chi connectivity index (χ4n) is 1.82. The van der Waals surface area contributed by atoms with E-state index < -0.39 is 23.4 Å². The van der Waals surface area contributed by atoms with Crippen LogP contribution in [0.2, 0.25) is 0 Å². The summed E-state index contributed by atoms with van der Waals surface area (Å²) in [4.78, 5) is 29.3. The van der Waals surface area contributed by atoms with Gasteiger partial charge in [-0.05, 0) is 26.2 Å². The third-order valence-electron chi connectivity index (χ3n) is 3.03. The quantitative estimate of drug-likeness (QED) is 0.764. The van der Waals surface area contributed by atoms with Gasteiger partial charge >= 0.3 is 11.8 Å². The predicted octanol–water partition coefficient (Wildman–Crippen LogP) is 0.820. The van der Waals surface area contributed by atoms with Crippen molar-refractivity contribution in [1.29, 1.82) is 0 Å². The van der Waals surface area contributed by atoms with Crippen molar-refractivity contribution in [1.82, 2.24) is 20.4 Å². The first kappa shape index (κ1) is 18.5. The number of likely N-dealkylation sites (N-methyl/N-ethyl adjacent to an activating group) is 1. The van der Waals surface area contributed by atoms with Gasteiger partial charge in [0.1, 0.15) is 11.6 Å². The van der Waals surface area contributed by atoms with Crippen LogP contribution in [0, 0.1) is 11.6 Å². The molecule has 2 amide bonds. The van der Waals surface area contributed by atoms with Crippen molar-refractivity contribution in [2.45, 2.75) is 6.42 Å². The molecule has 10 heteroatoms. The number of hydrogen-bond acceptors (Lipinski definition) is 6. The fraction of sp³-hybridized carbons (Fsp3) is 0.333. The van der Waals surface area contributed by atoms with E-state index in [4.69, 9.17) is 4.52 Å². The maximum absolute atomic E-state index is 13.5. The third-order valence-corrected chi connectivity index (χ3v) is 3.03. The standard InChI is InChI=1S/C15H17F2N5O3/c1-22(2)6-5-18-14(24)15-20-12(21-25-15)8-13(23)19-11-4-3-9(16)7-10(11)17/h3-4,7H,5-6,8H2,1-2H3,(H,18,24)(H,19,23). The highest BCUT2D eigenvalue weighted by atomic mass is 19.1. The molecule has 0 atom stereocenters. The van der Waals surface area contributed by atoms with Gasteiger partial charge < -0.3 is 20.1 Å². The van der Waals surface area contributed by atoms with E-state index in [0.717, 1.165) is 12.1 Å². The van der Waals surface area contributed by atoms with Crippen LogP contribution < -0.4 is 10.6 Å². The summed E-state index contributed by atoms with van der Waals surface area (Å²) in [5.41, 5.74) is -0.170. The van der Waals surface area contributed by atoms with Gasteiger partial charge in [-0.25, -0.2) is 8.78 Å². The molecule has 0 bridgehead atoms. The summed E-state index contributed by atoms with van der Waals surface area (Å²) >= 11 is 0. The van der Waals surface area contributed by atoms with Gasteiger partial charge in [0.25, 0.3) is 0 Å². The molecule has 0 radical (unpaired) electrons. The van der Waals surface area contributed by atoms with E-state index in [-0.39, 0.29) is 23.8 Å². The average Bonchev–Trinajstić information content (AvgIpc) is 2.98. The van der Waals surface area contributed by atoms with Gasteiger partial charge in [0.2, 0.25) is 5.91 Å². The highest BCUT2D eigenvalue weighted by molar-refractivity contribution is 5.92. The number of halogens is 2. The number of aromatic nitrogens is 2. The second-order valence-corrected chi connectivity index (χ2v) is 5.42. The van der Waals surface area contributed by atoms with Crippen molar-refractivity contribution in [3.8, 4) is 0 Å². The zero-order valence-corrected chi connectivity index (χ0v) is 13.7. The molecule has 0 saturated carbocycles. The molecule has 1 aromatic heterocycles. The molecule has 0 aliphatic rings. The summed E-state index contributed by atoms with van der Waals surface area (Å²) in [6.07, 6.45) is -0.328. The maximum Gasteiger partial charge on any atom is 0.315 e. The Balaban J connectivity index is 1.89. The zero-order chi connectivity index (χ0) is 18.4. The van der Waals surface area contributed by atoms with Crippen LogP contribution in [-0.4, -0.2) is 54.0 Å². The largest absolute Gasteiger partial charge is 0.347 e. The van der Waals surface area contributed by atoms with E-state index in [1.54, 1.807) is 0 Å². The number of carbonyl (C=O) groups excluding carboxylic acids is 2. The Hall–Kier alpha value is -2.88. The second-order valence-electron chi connectivity index (χ2n) is 5.42. The molecule has 0 unspecified atom stereocenters. The minimum Gasteiger partial charge on any atom is -0.347 e. The SMILES string of the molecule is CN(C)CCNC(=O)c1nc(CC(=O)Nc2ccc(F)cc2F)no1. The van der Waals surface area contributed by atoms with Gasteiger partial charge in [0.15, 0.2) is 5.82 Å². The van der Waals surface area contributed by atoms with Crippen molar-refractivity contribution < 1.29 is 22.9 Å². The Morgan fingerprint density at radius 1 is 1.28 bits per heavy atom. The van der Waals surface area contributed by atoms with Crippen LogP contribution >= 0.6 is 0 Å². The summed E-state index contributed by atoms with van der Waals surface area (Å²) in [6.45, 7) is 1.03. The van der Waals surface area contributed by atoms with Gasteiger partial charge in [-0.1, -0.05) is 5.16 Å². The summed E-state index contributed by atoms with van der Waals surface area (Å²) in [6, 6.07) is 2.77. The molecule has 1 aromatic carbocycles. The van der Waals surface area contributed by atoms with Crippen molar-refractivity contribution in [2.24, 2.45) is 0 Å². The molecule has 134 valence electrons. The molecule has 8 nitrogen and oxygen atoms in total. The number of carbonyl (C=O) groups is 2. The van der Waals surface area contributed by atoms with Crippen LogP contribution in [0.1, 0.15) is 16.5 Å². The summed E-state index contributed by atoms with van der Waals surface area (Å²) in [5.74, 6) is -3.13. The molecule has 0 spiro atoms. The molecule has 0 aliphatic carbocycles. The molecule has 0 fully saturated rings. The first-order valence-corrected chi connectivity index (χ1v) is 7.35. The van der Waals surface area contributed by atoms with E-state index in [9.17, 15) is 18.4 Å². The second kappa shape index (κ2) is 8.29. The van der Waals surface area contributed by atoms with Crippen molar-refractivity contribution in [3.05, 3.63) is 41.5 Å². The van der Waals surface area contributed by atoms with E-state index >= 15 is 0 Å². The zero-order valence-electron chi connectivity index (χ0n) is 13.7. The van der Waals surface area contributed by atoms with Crippen LogP contribution in [0.5, 0.6) is 0 Å².